The third-order valence-electron chi connectivity index (χ3n) is 3.76. The number of nitrogen functional groups attached to an aromatic ring is 1. The van der Waals surface area contributed by atoms with Gasteiger partial charge in [0.2, 0.25) is 5.91 Å². The molecule has 3 N–H and O–H groups in total. The van der Waals surface area contributed by atoms with Crippen LogP contribution in [-0.4, -0.2) is 36.0 Å². The van der Waals surface area contributed by atoms with E-state index in [1.807, 2.05) is 39.0 Å². The van der Waals surface area contributed by atoms with Gasteiger partial charge in [-0.1, -0.05) is 0 Å². The largest absolute Gasteiger partial charge is 0.494 e. The number of hydrogen-bond donors (Lipinski definition) is 2. The zero-order valence-electron chi connectivity index (χ0n) is 12.4. The molecule has 1 aromatic carbocycles. The number of benzene rings is 1. The molecule has 1 saturated heterocycles. The molecule has 2 rings (SSSR count). The zero-order valence-corrected chi connectivity index (χ0v) is 12.4. The van der Waals surface area contributed by atoms with E-state index in [4.69, 9.17) is 10.5 Å². The molecular weight excluding hydrogens is 254 g/mol. The van der Waals surface area contributed by atoms with Crippen molar-refractivity contribution in [2.45, 2.75) is 32.9 Å². The quantitative estimate of drug-likeness (QED) is 0.816. The van der Waals surface area contributed by atoms with Crippen molar-refractivity contribution in [1.29, 1.82) is 0 Å². The predicted molar refractivity (Wildman–Crippen MR) is 79.5 cm³/mol. The molecule has 1 aromatic rings. The van der Waals surface area contributed by atoms with Crippen LogP contribution in [0.5, 0.6) is 5.75 Å². The number of piperazine rings is 1. The number of nitrogens with one attached hydrogen (secondary N) is 1. The first kappa shape index (κ1) is 14.7. The van der Waals surface area contributed by atoms with Gasteiger partial charge in [0.15, 0.2) is 0 Å². The molecule has 1 fully saturated rings. The van der Waals surface area contributed by atoms with Gasteiger partial charge in [-0.25, -0.2) is 0 Å². The first-order valence-corrected chi connectivity index (χ1v) is 6.99. The molecule has 110 valence electrons. The van der Waals surface area contributed by atoms with E-state index in [1.165, 1.54) is 0 Å². The minimum absolute atomic E-state index is 0.0608. The fraction of sp³-hybridized carbons (Fsp3) is 0.533. The maximum absolute atomic E-state index is 12.0. The first-order valence-electron chi connectivity index (χ1n) is 6.99. The predicted octanol–water partition coefficient (Wildman–Crippen LogP) is 1.38. The van der Waals surface area contributed by atoms with E-state index < -0.39 is 5.54 Å². The zero-order chi connectivity index (χ0) is 14.8. The average molecular weight is 277 g/mol. The van der Waals surface area contributed by atoms with E-state index in [2.05, 4.69) is 10.2 Å². The van der Waals surface area contributed by atoms with Crippen LogP contribution in [0.3, 0.4) is 0 Å². The second kappa shape index (κ2) is 5.71. The van der Waals surface area contributed by atoms with E-state index in [-0.39, 0.29) is 5.91 Å². The smallest absolute Gasteiger partial charge is 0.240 e. The van der Waals surface area contributed by atoms with Gasteiger partial charge in [0.25, 0.3) is 0 Å². The van der Waals surface area contributed by atoms with E-state index in [9.17, 15) is 4.79 Å². The molecule has 1 aliphatic heterocycles. The Balaban J connectivity index is 2.24. The summed E-state index contributed by atoms with van der Waals surface area (Å²) in [5.41, 5.74) is 7.08. The highest BCUT2D eigenvalue weighted by molar-refractivity contribution is 5.86. The highest BCUT2D eigenvalue weighted by Gasteiger charge is 2.37. The number of carbonyl (C=O) groups excluding carboxylic acids is 1. The number of hydrogen-bond acceptors (Lipinski definition) is 4. The van der Waals surface area contributed by atoms with Crippen LogP contribution < -0.4 is 15.8 Å². The number of carbonyl (C=O) groups is 1. The number of ether oxygens (including phenoxy) is 1. The third-order valence-corrected chi connectivity index (χ3v) is 3.76. The van der Waals surface area contributed by atoms with E-state index in [0.29, 0.717) is 25.4 Å². The minimum Gasteiger partial charge on any atom is -0.494 e. The fourth-order valence-electron chi connectivity index (χ4n) is 2.45. The standard InChI is InChI=1S/C15H23N3O2/c1-4-20-13-6-5-12(16)9-11(13)10-18-8-7-17-14(19)15(18,2)3/h5-6,9H,4,7-8,10,16H2,1-3H3,(H,17,19). The van der Waals surface area contributed by atoms with Crippen molar-refractivity contribution in [1.82, 2.24) is 10.2 Å². The van der Waals surface area contributed by atoms with Gasteiger partial charge in [-0.3, -0.25) is 9.69 Å². The summed E-state index contributed by atoms with van der Waals surface area (Å²) in [6.45, 7) is 8.59. The lowest BCUT2D eigenvalue weighted by Crippen LogP contribution is -2.61. The van der Waals surface area contributed by atoms with Gasteiger partial charge < -0.3 is 15.8 Å². The molecule has 0 spiro atoms. The summed E-state index contributed by atoms with van der Waals surface area (Å²) in [5, 5.41) is 2.90. The van der Waals surface area contributed by atoms with Crippen molar-refractivity contribution in [3.63, 3.8) is 0 Å². The van der Waals surface area contributed by atoms with Crippen LogP contribution in [0.25, 0.3) is 0 Å². The van der Waals surface area contributed by atoms with Gasteiger partial charge >= 0.3 is 0 Å². The van der Waals surface area contributed by atoms with Gasteiger partial charge in [0, 0.05) is 30.9 Å². The highest BCUT2D eigenvalue weighted by atomic mass is 16.5. The number of rotatable bonds is 4. The number of anilines is 1. The Morgan fingerprint density at radius 3 is 2.90 bits per heavy atom. The van der Waals surface area contributed by atoms with Crippen molar-refractivity contribution in [3.05, 3.63) is 23.8 Å². The molecule has 5 heteroatoms. The van der Waals surface area contributed by atoms with Crippen molar-refractivity contribution < 1.29 is 9.53 Å². The number of nitrogens with two attached hydrogens (primary N) is 1. The Morgan fingerprint density at radius 2 is 2.20 bits per heavy atom. The van der Waals surface area contributed by atoms with Crippen LogP contribution in [0.4, 0.5) is 5.69 Å². The van der Waals surface area contributed by atoms with E-state index >= 15 is 0 Å². The van der Waals surface area contributed by atoms with Gasteiger partial charge in [0.1, 0.15) is 5.75 Å². The van der Waals surface area contributed by atoms with Crippen LogP contribution in [0.15, 0.2) is 18.2 Å². The lowest BCUT2D eigenvalue weighted by atomic mass is 9.97. The highest BCUT2D eigenvalue weighted by Crippen LogP contribution is 2.27. The van der Waals surface area contributed by atoms with Crippen molar-refractivity contribution in [2.75, 3.05) is 25.4 Å². The first-order chi connectivity index (χ1) is 9.45. The molecule has 0 unspecified atom stereocenters. The topological polar surface area (TPSA) is 67.6 Å². The summed E-state index contributed by atoms with van der Waals surface area (Å²) in [6.07, 6.45) is 0. The SMILES string of the molecule is CCOc1ccc(N)cc1CN1CCNC(=O)C1(C)C. The van der Waals surface area contributed by atoms with Gasteiger partial charge in [-0.15, -0.1) is 0 Å². The normalized spacial score (nSPS) is 18.6. The van der Waals surface area contributed by atoms with Crippen molar-refractivity contribution in [3.8, 4) is 5.75 Å². The minimum atomic E-state index is -0.521. The van der Waals surface area contributed by atoms with Gasteiger partial charge in [0.05, 0.1) is 12.1 Å². The van der Waals surface area contributed by atoms with Crippen LogP contribution in [0, 0.1) is 0 Å². The van der Waals surface area contributed by atoms with E-state index in [0.717, 1.165) is 17.9 Å². The molecule has 1 aliphatic rings. The lowest BCUT2D eigenvalue weighted by Gasteiger charge is -2.41. The second-order valence-electron chi connectivity index (χ2n) is 5.54. The van der Waals surface area contributed by atoms with Crippen LogP contribution >= 0.6 is 0 Å². The maximum atomic E-state index is 12.0. The summed E-state index contributed by atoms with van der Waals surface area (Å²) < 4.78 is 5.65. The van der Waals surface area contributed by atoms with Crippen LogP contribution in [-0.2, 0) is 11.3 Å². The summed E-state index contributed by atoms with van der Waals surface area (Å²) in [4.78, 5) is 14.1. The Hall–Kier alpha value is -1.75. The Bertz CT molecular complexity index is 500. The molecule has 0 aliphatic carbocycles. The summed E-state index contributed by atoms with van der Waals surface area (Å²) in [6, 6.07) is 5.65. The van der Waals surface area contributed by atoms with E-state index in [1.54, 1.807) is 0 Å². The Kier molecular flexibility index (Phi) is 4.18. The summed E-state index contributed by atoms with van der Waals surface area (Å²) >= 11 is 0. The third kappa shape index (κ3) is 2.88. The molecule has 0 atom stereocenters. The maximum Gasteiger partial charge on any atom is 0.240 e. The molecule has 0 radical (unpaired) electrons. The van der Waals surface area contributed by atoms with Gasteiger partial charge in [-0.2, -0.15) is 0 Å². The van der Waals surface area contributed by atoms with Gasteiger partial charge in [-0.05, 0) is 39.0 Å². The summed E-state index contributed by atoms with van der Waals surface area (Å²) in [7, 11) is 0. The summed E-state index contributed by atoms with van der Waals surface area (Å²) in [5.74, 6) is 0.897. The second-order valence-corrected chi connectivity index (χ2v) is 5.54. The molecule has 0 aromatic heterocycles. The fourth-order valence-corrected chi connectivity index (χ4v) is 2.45. The lowest BCUT2D eigenvalue weighted by molar-refractivity contribution is -0.135. The molecular formula is C15H23N3O2. The molecule has 5 nitrogen and oxygen atoms in total. The van der Waals surface area contributed by atoms with Crippen molar-refractivity contribution in [2.24, 2.45) is 0 Å². The van der Waals surface area contributed by atoms with Crippen LogP contribution in [0.1, 0.15) is 26.3 Å². The number of nitrogens with zero attached hydrogens (tertiary/aromatic N) is 1. The number of amides is 1. The molecule has 1 heterocycles. The van der Waals surface area contributed by atoms with Crippen molar-refractivity contribution >= 4 is 11.6 Å². The Labute approximate surface area is 120 Å². The molecule has 20 heavy (non-hydrogen) atoms. The monoisotopic (exact) mass is 277 g/mol. The Morgan fingerprint density at radius 1 is 1.45 bits per heavy atom. The molecule has 0 saturated carbocycles. The average Bonchev–Trinajstić information content (AvgIpc) is 2.39. The molecule has 1 amide bonds. The van der Waals surface area contributed by atoms with Crippen LogP contribution in [0.2, 0.25) is 0 Å². The molecule has 0 bridgehead atoms.